The topological polar surface area (TPSA) is 6.48 Å². The number of piperazine rings is 1. The summed E-state index contributed by atoms with van der Waals surface area (Å²) in [7, 11) is 2.22. The first kappa shape index (κ1) is 13.1. The Balaban J connectivity index is 2.04. The van der Waals surface area contributed by atoms with Gasteiger partial charge in [0.05, 0.1) is 0 Å². The number of nitrogens with zero attached hydrogens (tertiary/aromatic N) is 2. The number of rotatable bonds is 2. The molecule has 0 radical (unpaired) electrons. The molecule has 2 nitrogen and oxygen atoms in total. The summed E-state index contributed by atoms with van der Waals surface area (Å²) >= 11 is 3.63. The Morgan fingerprint density at radius 2 is 1.94 bits per heavy atom. The molecule has 0 unspecified atom stereocenters. The molecule has 1 aliphatic heterocycles. The van der Waals surface area contributed by atoms with Crippen LogP contribution in [0.2, 0.25) is 0 Å². The van der Waals surface area contributed by atoms with Crippen molar-refractivity contribution >= 4 is 15.9 Å². The van der Waals surface area contributed by atoms with Crippen molar-refractivity contribution in [2.45, 2.75) is 25.9 Å². The maximum atomic E-state index is 3.63. The van der Waals surface area contributed by atoms with Crippen LogP contribution < -0.4 is 0 Å². The molecule has 1 saturated heterocycles. The zero-order valence-corrected chi connectivity index (χ0v) is 12.5. The van der Waals surface area contributed by atoms with E-state index in [1.165, 1.54) is 10.0 Å². The summed E-state index contributed by atoms with van der Waals surface area (Å²) in [6.45, 7) is 9.11. The Labute approximate surface area is 113 Å². The Morgan fingerprint density at radius 3 is 2.59 bits per heavy atom. The van der Waals surface area contributed by atoms with Gasteiger partial charge in [0.1, 0.15) is 0 Å². The lowest BCUT2D eigenvalue weighted by Crippen LogP contribution is -2.57. The van der Waals surface area contributed by atoms with Gasteiger partial charge in [0.2, 0.25) is 0 Å². The highest BCUT2D eigenvalue weighted by molar-refractivity contribution is 9.10. The lowest BCUT2D eigenvalue weighted by atomic mass is 9.99. The summed E-state index contributed by atoms with van der Waals surface area (Å²) in [6.07, 6.45) is 0. The van der Waals surface area contributed by atoms with Crippen molar-refractivity contribution in [1.29, 1.82) is 0 Å². The van der Waals surface area contributed by atoms with Crippen molar-refractivity contribution < 1.29 is 0 Å². The van der Waals surface area contributed by atoms with E-state index in [0.717, 1.165) is 26.2 Å². The molecule has 0 amide bonds. The Kier molecular flexibility index (Phi) is 3.91. The third kappa shape index (κ3) is 3.09. The van der Waals surface area contributed by atoms with E-state index >= 15 is 0 Å². The minimum atomic E-state index is 0.277. The highest BCUT2D eigenvalue weighted by atomic mass is 79.9. The van der Waals surface area contributed by atoms with Crippen molar-refractivity contribution in [2.75, 3.05) is 26.7 Å². The molecule has 94 valence electrons. The molecule has 0 saturated carbocycles. The van der Waals surface area contributed by atoms with Crippen LogP contribution in [0.25, 0.3) is 0 Å². The maximum absolute atomic E-state index is 3.63. The zero-order chi connectivity index (χ0) is 12.5. The van der Waals surface area contributed by atoms with Crippen molar-refractivity contribution in [2.24, 2.45) is 0 Å². The molecule has 0 bridgehead atoms. The predicted molar refractivity (Wildman–Crippen MR) is 76.1 cm³/mol. The van der Waals surface area contributed by atoms with Crippen molar-refractivity contribution in [3.63, 3.8) is 0 Å². The monoisotopic (exact) mass is 296 g/mol. The summed E-state index contributed by atoms with van der Waals surface area (Å²) in [6, 6.07) is 8.51. The number of halogens is 1. The minimum absolute atomic E-state index is 0.277. The predicted octanol–water partition coefficient (Wildman–Crippen LogP) is 2.98. The summed E-state index contributed by atoms with van der Waals surface area (Å²) in [5, 5.41) is 0. The normalized spacial score (nSPS) is 21.6. The van der Waals surface area contributed by atoms with Gasteiger partial charge in [-0.3, -0.25) is 9.80 Å². The third-order valence-corrected chi connectivity index (χ3v) is 4.52. The summed E-state index contributed by atoms with van der Waals surface area (Å²) in [5.41, 5.74) is 1.66. The Bertz CT molecular complexity index is 390. The van der Waals surface area contributed by atoms with Crippen LogP contribution in [-0.4, -0.2) is 42.0 Å². The molecule has 1 aromatic rings. The summed E-state index contributed by atoms with van der Waals surface area (Å²) < 4.78 is 1.22. The molecule has 1 aromatic carbocycles. The lowest BCUT2D eigenvalue weighted by Gasteiger charge is -2.45. The zero-order valence-electron chi connectivity index (χ0n) is 10.9. The highest BCUT2D eigenvalue weighted by Crippen LogP contribution is 2.23. The third-order valence-electron chi connectivity index (χ3n) is 3.75. The molecular formula is C14H21BrN2. The molecule has 0 N–H and O–H groups in total. The fourth-order valence-electron chi connectivity index (χ4n) is 2.34. The number of hydrogen-bond donors (Lipinski definition) is 0. The SMILES string of the molecule is CN1CCN(Cc2ccccc2Br)CC1(C)C. The van der Waals surface area contributed by atoms with Crippen molar-refractivity contribution in [1.82, 2.24) is 9.80 Å². The van der Waals surface area contributed by atoms with Crippen LogP contribution >= 0.6 is 15.9 Å². The molecule has 0 atom stereocenters. The quantitative estimate of drug-likeness (QED) is 0.828. The van der Waals surface area contributed by atoms with E-state index in [1.54, 1.807) is 0 Å². The molecular weight excluding hydrogens is 276 g/mol. The van der Waals surface area contributed by atoms with Gasteiger partial charge in [-0.05, 0) is 32.5 Å². The average Bonchev–Trinajstić information content (AvgIpc) is 2.26. The summed E-state index contributed by atoms with van der Waals surface area (Å²) in [4.78, 5) is 4.99. The van der Waals surface area contributed by atoms with Gasteiger partial charge in [0.15, 0.2) is 0 Å². The molecule has 0 spiro atoms. The molecule has 0 aliphatic carbocycles. The number of hydrogen-bond acceptors (Lipinski definition) is 2. The van der Waals surface area contributed by atoms with Crippen LogP contribution in [0.5, 0.6) is 0 Å². The van der Waals surface area contributed by atoms with Crippen LogP contribution in [-0.2, 0) is 6.54 Å². The van der Waals surface area contributed by atoms with Crippen molar-refractivity contribution in [3.05, 3.63) is 34.3 Å². The minimum Gasteiger partial charge on any atom is -0.299 e. The molecule has 1 aliphatic rings. The molecule has 3 heteroatoms. The maximum Gasteiger partial charge on any atom is 0.0277 e. The molecule has 1 fully saturated rings. The first-order valence-corrected chi connectivity index (χ1v) is 6.95. The van der Waals surface area contributed by atoms with Gasteiger partial charge < -0.3 is 0 Å². The van der Waals surface area contributed by atoms with Crippen LogP contribution in [0.1, 0.15) is 19.4 Å². The van der Waals surface area contributed by atoms with Gasteiger partial charge in [0.25, 0.3) is 0 Å². The van der Waals surface area contributed by atoms with Gasteiger partial charge in [0, 0.05) is 36.2 Å². The second-order valence-corrected chi connectivity index (χ2v) is 6.39. The number of likely N-dealkylation sites (N-methyl/N-ethyl adjacent to an activating group) is 1. The largest absolute Gasteiger partial charge is 0.299 e. The van der Waals surface area contributed by atoms with Crippen LogP contribution in [0.15, 0.2) is 28.7 Å². The van der Waals surface area contributed by atoms with E-state index in [-0.39, 0.29) is 5.54 Å². The molecule has 0 aromatic heterocycles. The number of benzene rings is 1. The average molecular weight is 297 g/mol. The fourth-order valence-corrected chi connectivity index (χ4v) is 2.75. The van der Waals surface area contributed by atoms with Crippen LogP contribution in [0, 0.1) is 0 Å². The van der Waals surface area contributed by atoms with E-state index in [9.17, 15) is 0 Å². The van der Waals surface area contributed by atoms with E-state index < -0.39 is 0 Å². The first-order valence-electron chi connectivity index (χ1n) is 6.16. The molecule has 2 rings (SSSR count). The molecule has 1 heterocycles. The van der Waals surface area contributed by atoms with E-state index in [1.807, 2.05) is 0 Å². The summed E-state index contributed by atoms with van der Waals surface area (Å²) in [5.74, 6) is 0. The van der Waals surface area contributed by atoms with Gasteiger partial charge in [-0.1, -0.05) is 34.1 Å². The van der Waals surface area contributed by atoms with Crippen LogP contribution in [0.3, 0.4) is 0 Å². The highest BCUT2D eigenvalue weighted by Gasteiger charge is 2.30. The van der Waals surface area contributed by atoms with Gasteiger partial charge in [-0.2, -0.15) is 0 Å². The molecule has 17 heavy (non-hydrogen) atoms. The second kappa shape index (κ2) is 5.09. The first-order chi connectivity index (χ1) is 7.99. The standard InChI is InChI=1S/C14H21BrN2/c1-14(2)11-17(9-8-16(14)3)10-12-6-4-5-7-13(12)15/h4-7H,8-11H2,1-3H3. The van der Waals surface area contributed by atoms with Gasteiger partial charge >= 0.3 is 0 Å². The Morgan fingerprint density at radius 1 is 1.24 bits per heavy atom. The van der Waals surface area contributed by atoms with E-state index in [2.05, 4.69) is 70.9 Å². The Hall–Kier alpha value is -0.380. The van der Waals surface area contributed by atoms with E-state index in [4.69, 9.17) is 0 Å². The smallest absolute Gasteiger partial charge is 0.0277 e. The van der Waals surface area contributed by atoms with Gasteiger partial charge in [-0.15, -0.1) is 0 Å². The second-order valence-electron chi connectivity index (χ2n) is 5.54. The van der Waals surface area contributed by atoms with Crippen molar-refractivity contribution in [3.8, 4) is 0 Å². The van der Waals surface area contributed by atoms with Crippen LogP contribution in [0.4, 0.5) is 0 Å². The van der Waals surface area contributed by atoms with Gasteiger partial charge in [-0.25, -0.2) is 0 Å². The fraction of sp³-hybridized carbons (Fsp3) is 0.571. The lowest BCUT2D eigenvalue weighted by molar-refractivity contribution is 0.0359. The van der Waals surface area contributed by atoms with E-state index in [0.29, 0.717) is 0 Å².